The van der Waals surface area contributed by atoms with Gasteiger partial charge in [0.1, 0.15) is 9.84 Å². The van der Waals surface area contributed by atoms with Crippen molar-refractivity contribution in [3.63, 3.8) is 0 Å². The van der Waals surface area contributed by atoms with E-state index in [2.05, 4.69) is 5.32 Å². The lowest BCUT2D eigenvalue weighted by Crippen LogP contribution is -2.16. The van der Waals surface area contributed by atoms with Crippen molar-refractivity contribution in [1.82, 2.24) is 5.32 Å². The van der Waals surface area contributed by atoms with E-state index >= 15 is 0 Å². The maximum absolute atomic E-state index is 10.4. The van der Waals surface area contributed by atoms with Gasteiger partial charge in [-0.3, -0.25) is 4.57 Å². The molecule has 17 heavy (non-hydrogen) atoms. The molecular formula is C9H22NO5PS. The SMILES string of the molecule is CCCCNCP(=O)(O)O.O=S1(=O)CCCC1. The van der Waals surface area contributed by atoms with Crippen LogP contribution in [0.4, 0.5) is 0 Å². The van der Waals surface area contributed by atoms with E-state index in [0.29, 0.717) is 18.1 Å². The average molecular weight is 287 g/mol. The highest BCUT2D eigenvalue weighted by Crippen LogP contribution is 2.31. The lowest BCUT2D eigenvalue weighted by Gasteiger charge is -2.04. The smallest absolute Gasteiger partial charge is 0.324 e. The third kappa shape index (κ3) is 12.3. The Bertz CT molecular complexity index is 325. The fraction of sp³-hybridized carbons (Fsp3) is 1.00. The summed E-state index contributed by atoms with van der Waals surface area (Å²) >= 11 is 0. The van der Waals surface area contributed by atoms with Gasteiger partial charge in [-0.15, -0.1) is 0 Å². The van der Waals surface area contributed by atoms with Crippen molar-refractivity contribution in [2.75, 3.05) is 24.3 Å². The summed E-state index contributed by atoms with van der Waals surface area (Å²) in [6.07, 6.45) is 3.55. The molecule has 0 aromatic heterocycles. The van der Waals surface area contributed by atoms with Crippen LogP contribution in [0.25, 0.3) is 0 Å². The van der Waals surface area contributed by atoms with E-state index in [9.17, 15) is 13.0 Å². The van der Waals surface area contributed by atoms with Gasteiger partial charge in [0.2, 0.25) is 0 Å². The first-order valence-electron chi connectivity index (χ1n) is 5.72. The van der Waals surface area contributed by atoms with Crippen molar-refractivity contribution >= 4 is 17.4 Å². The van der Waals surface area contributed by atoms with Gasteiger partial charge in [0, 0.05) is 0 Å². The van der Waals surface area contributed by atoms with Gasteiger partial charge in [-0.1, -0.05) is 13.3 Å². The Balaban J connectivity index is 0.000000318. The van der Waals surface area contributed by atoms with Gasteiger partial charge in [0.05, 0.1) is 17.8 Å². The maximum atomic E-state index is 10.4. The van der Waals surface area contributed by atoms with Gasteiger partial charge in [-0.25, -0.2) is 8.42 Å². The first kappa shape index (κ1) is 17.1. The second kappa shape index (κ2) is 8.21. The molecule has 0 atom stereocenters. The standard InChI is InChI=1S/C5H14NO3P.C4H8O2S/c1-2-3-4-6-5-10(7,8)9;5-7(6)3-1-2-4-7/h6H,2-5H2,1H3,(H2,7,8,9);1-4H2. The van der Waals surface area contributed by atoms with E-state index < -0.39 is 17.4 Å². The van der Waals surface area contributed by atoms with E-state index in [1.807, 2.05) is 6.92 Å². The molecule has 0 aromatic rings. The van der Waals surface area contributed by atoms with Gasteiger partial charge in [-0.05, 0) is 25.8 Å². The predicted octanol–water partition coefficient (Wildman–Crippen LogP) is 0.706. The van der Waals surface area contributed by atoms with E-state index in [4.69, 9.17) is 9.79 Å². The molecule has 1 aliphatic heterocycles. The van der Waals surface area contributed by atoms with Gasteiger partial charge in [0.15, 0.2) is 0 Å². The lowest BCUT2D eigenvalue weighted by atomic mass is 10.3. The number of hydrogen-bond donors (Lipinski definition) is 3. The maximum Gasteiger partial charge on any atom is 0.339 e. The van der Waals surface area contributed by atoms with Gasteiger partial charge in [-0.2, -0.15) is 0 Å². The zero-order chi connectivity index (χ0) is 13.4. The van der Waals surface area contributed by atoms with Gasteiger partial charge < -0.3 is 15.1 Å². The first-order chi connectivity index (χ1) is 7.77. The predicted molar refractivity (Wildman–Crippen MR) is 67.7 cm³/mol. The second-order valence-corrected chi connectivity index (χ2v) is 7.98. The molecule has 1 saturated heterocycles. The molecule has 0 spiro atoms. The summed E-state index contributed by atoms with van der Waals surface area (Å²) in [4.78, 5) is 16.7. The van der Waals surface area contributed by atoms with Crippen molar-refractivity contribution in [1.29, 1.82) is 0 Å². The highest BCUT2D eigenvalue weighted by Gasteiger charge is 2.16. The summed E-state index contributed by atoms with van der Waals surface area (Å²) in [6.45, 7) is 2.71. The highest BCUT2D eigenvalue weighted by atomic mass is 32.2. The first-order valence-corrected chi connectivity index (χ1v) is 9.34. The minimum atomic E-state index is -3.82. The van der Waals surface area contributed by atoms with Gasteiger partial charge in [0.25, 0.3) is 0 Å². The molecule has 1 aliphatic rings. The number of nitrogens with one attached hydrogen (secondary N) is 1. The Kier molecular flexibility index (Phi) is 8.24. The van der Waals surface area contributed by atoms with Crippen LogP contribution in [0.1, 0.15) is 32.6 Å². The van der Waals surface area contributed by atoms with Crippen LogP contribution in [-0.4, -0.2) is 42.5 Å². The molecule has 0 radical (unpaired) electrons. The normalized spacial score (nSPS) is 18.5. The third-order valence-electron chi connectivity index (χ3n) is 2.19. The monoisotopic (exact) mass is 287 g/mol. The summed E-state index contributed by atoms with van der Waals surface area (Å²) in [5.74, 6) is 0.847. The molecule has 0 aromatic carbocycles. The van der Waals surface area contributed by atoms with Crippen molar-refractivity contribution in [3.8, 4) is 0 Å². The topological polar surface area (TPSA) is 104 Å². The van der Waals surface area contributed by atoms with Crippen molar-refractivity contribution < 1.29 is 22.8 Å². The average Bonchev–Trinajstić information content (AvgIpc) is 2.57. The number of rotatable bonds is 5. The fourth-order valence-electron chi connectivity index (χ4n) is 1.27. The minimum absolute atomic E-state index is 0.201. The number of sulfone groups is 1. The zero-order valence-electron chi connectivity index (χ0n) is 10.1. The summed E-state index contributed by atoms with van der Waals surface area (Å²) in [5, 5.41) is 2.66. The molecule has 0 aliphatic carbocycles. The van der Waals surface area contributed by atoms with Crippen LogP contribution in [0.2, 0.25) is 0 Å². The molecule has 6 nitrogen and oxygen atoms in total. The summed E-state index contributed by atoms with van der Waals surface area (Å²) in [7, 11) is -6.36. The Morgan fingerprint density at radius 2 is 1.76 bits per heavy atom. The molecular weight excluding hydrogens is 265 g/mol. The number of hydrogen-bond acceptors (Lipinski definition) is 4. The highest BCUT2D eigenvalue weighted by molar-refractivity contribution is 7.91. The zero-order valence-corrected chi connectivity index (χ0v) is 11.8. The molecule has 0 unspecified atom stereocenters. The van der Waals surface area contributed by atoms with Crippen LogP contribution in [0.15, 0.2) is 0 Å². The van der Waals surface area contributed by atoms with Gasteiger partial charge >= 0.3 is 7.60 Å². The summed E-state index contributed by atoms with van der Waals surface area (Å²) in [6, 6.07) is 0. The Morgan fingerprint density at radius 3 is 2.06 bits per heavy atom. The quantitative estimate of drug-likeness (QED) is 0.508. The molecule has 8 heteroatoms. The Morgan fingerprint density at radius 1 is 1.24 bits per heavy atom. The molecule has 0 amide bonds. The largest absolute Gasteiger partial charge is 0.339 e. The summed E-state index contributed by atoms with van der Waals surface area (Å²) < 4.78 is 31.1. The molecule has 3 N–H and O–H groups in total. The second-order valence-electron chi connectivity index (χ2n) is 4.04. The lowest BCUT2D eigenvalue weighted by molar-refractivity contribution is 0.367. The van der Waals surface area contributed by atoms with Crippen molar-refractivity contribution in [2.45, 2.75) is 32.6 Å². The van der Waals surface area contributed by atoms with Crippen LogP contribution >= 0.6 is 7.60 Å². The molecule has 0 bridgehead atoms. The third-order valence-corrected chi connectivity index (χ3v) is 4.64. The van der Waals surface area contributed by atoms with Crippen LogP contribution in [0, 0.1) is 0 Å². The molecule has 0 saturated carbocycles. The minimum Gasteiger partial charge on any atom is -0.324 e. The number of unbranched alkanes of at least 4 members (excludes halogenated alkanes) is 1. The van der Waals surface area contributed by atoms with Crippen LogP contribution in [0.3, 0.4) is 0 Å². The summed E-state index contributed by atoms with van der Waals surface area (Å²) in [5.41, 5.74) is 0. The Labute approximate surface area is 103 Å². The van der Waals surface area contributed by atoms with Crippen molar-refractivity contribution in [2.24, 2.45) is 0 Å². The van der Waals surface area contributed by atoms with E-state index in [-0.39, 0.29) is 6.29 Å². The van der Waals surface area contributed by atoms with Crippen LogP contribution in [0.5, 0.6) is 0 Å². The van der Waals surface area contributed by atoms with E-state index in [1.54, 1.807) is 0 Å². The molecule has 104 valence electrons. The fourth-order valence-corrected chi connectivity index (χ4v) is 3.21. The van der Waals surface area contributed by atoms with E-state index in [0.717, 1.165) is 25.7 Å². The van der Waals surface area contributed by atoms with Crippen molar-refractivity contribution in [3.05, 3.63) is 0 Å². The molecule has 1 rings (SSSR count). The molecule has 1 heterocycles. The Hall–Kier alpha value is 0.0600. The van der Waals surface area contributed by atoms with E-state index in [1.165, 1.54) is 0 Å². The van der Waals surface area contributed by atoms with Crippen LogP contribution in [-0.2, 0) is 14.4 Å². The molecule has 1 fully saturated rings. The van der Waals surface area contributed by atoms with Crippen LogP contribution < -0.4 is 5.32 Å².